The minimum Gasteiger partial charge on any atom is -0.452 e. The lowest BCUT2D eigenvalue weighted by atomic mass is 10.3. The van der Waals surface area contributed by atoms with Gasteiger partial charge in [-0.1, -0.05) is 6.07 Å². The summed E-state index contributed by atoms with van der Waals surface area (Å²) in [6.45, 7) is 1.46. The van der Waals surface area contributed by atoms with Gasteiger partial charge in [-0.25, -0.2) is 13.6 Å². The Morgan fingerprint density at radius 3 is 2.46 bits per heavy atom. The predicted octanol–water partition coefficient (Wildman–Crippen LogP) is 1.51. The van der Waals surface area contributed by atoms with E-state index in [4.69, 9.17) is 9.88 Å². The van der Waals surface area contributed by atoms with Gasteiger partial charge in [0.2, 0.25) is 10.0 Å². The highest BCUT2D eigenvalue weighted by molar-refractivity contribution is 7.89. The number of ether oxygens (including phenoxy) is 1. The molecule has 24 heavy (non-hydrogen) atoms. The van der Waals surface area contributed by atoms with Crippen molar-refractivity contribution in [2.24, 2.45) is 5.14 Å². The van der Waals surface area contributed by atoms with Gasteiger partial charge in [-0.2, -0.15) is 0 Å². The Kier molecular flexibility index (Phi) is 5.71. The number of hydrogen-bond acceptors (Lipinski definition) is 6. The summed E-state index contributed by atoms with van der Waals surface area (Å²) in [4.78, 5) is 24.6. The summed E-state index contributed by atoms with van der Waals surface area (Å²) in [5, 5.41) is 9.38. The molecule has 1 aromatic heterocycles. The van der Waals surface area contributed by atoms with Gasteiger partial charge >= 0.3 is 5.97 Å². The summed E-state index contributed by atoms with van der Waals surface area (Å²) in [5.74, 6) is -1.01. The topological polar surface area (TPSA) is 116 Å². The first-order valence-corrected chi connectivity index (χ1v) is 9.34. The number of carbonyl (C=O) groups excluding carboxylic acids is 2. The summed E-state index contributed by atoms with van der Waals surface area (Å²) < 4.78 is 27.4. The van der Waals surface area contributed by atoms with Gasteiger partial charge in [0, 0.05) is 10.6 Å². The fourth-order valence-electron chi connectivity index (χ4n) is 1.82. The van der Waals surface area contributed by atoms with Crippen LogP contribution in [0.25, 0.3) is 0 Å². The van der Waals surface area contributed by atoms with E-state index in [1.165, 1.54) is 42.5 Å². The zero-order chi connectivity index (χ0) is 17.7. The maximum Gasteiger partial charge on any atom is 0.311 e. The Hall–Kier alpha value is -2.23. The quantitative estimate of drug-likeness (QED) is 0.750. The minimum atomic E-state index is -3.79. The molecule has 0 aliphatic rings. The van der Waals surface area contributed by atoms with Crippen LogP contribution in [-0.2, 0) is 30.8 Å². The van der Waals surface area contributed by atoms with Crippen molar-refractivity contribution in [3.05, 3.63) is 46.7 Å². The average molecular weight is 368 g/mol. The zero-order valence-electron chi connectivity index (χ0n) is 12.8. The molecule has 0 bridgehead atoms. The van der Waals surface area contributed by atoms with Crippen LogP contribution >= 0.6 is 11.3 Å². The van der Waals surface area contributed by atoms with E-state index in [0.29, 0.717) is 5.69 Å². The molecule has 7 nitrogen and oxygen atoms in total. The first kappa shape index (κ1) is 18.1. The van der Waals surface area contributed by atoms with E-state index in [9.17, 15) is 18.0 Å². The number of anilines is 1. The molecule has 0 fully saturated rings. The smallest absolute Gasteiger partial charge is 0.311 e. The third kappa shape index (κ3) is 5.15. The second-order valence-corrected chi connectivity index (χ2v) is 7.54. The van der Waals surface area contributed by atoms with Crippen LogP contribution < -0.4 is 10.5 Å². The Balaban J connectivity index is 1.90. The van der Waals surface area contributed by atoms with Crippen LogP contribution in [-0.4, -0.2) is 26.4 Å². The van der Waals surface area contributed by atoms with E-state index >= 15 is 0 Å². The molecule has 3 N–H and O–H groups in total. The Labute approximate surface area is 143 Å². The highest BCUT2D eigenvalue weighted by Crippen LogP contribution is 2.14. The third-order valence-corrected chi connectivity index (χ3v) is 4.83. The lowest BCUT2D eigenvalue weighted by Gasteiger charge is -2.13. The third-order valence-electron chi connectivity index (χ3n) is 3.03. The van der Waals surface area contributed by atoms with Crippen LogP contribution in [0.2, 0.25) is 0 Å². The Bertz CT molecular complexity index is 814. The zero-order valence-corrected chi connectivity index (χ0v) is 14.4. The number of amides is 1. The standard InChI is InChI=1S/C15H16N2O5S2/c1-10(22-14(18)9-12-3-2-8-23-12)15(19)17-11-4-6-13(7-5-11)24(16,20)21/h2-8,10H,9H2,1H3,(H,17,19)(H2,16,20,21)/t10-/m0/s1. The monoisotopic (exact) mass is 368 g/mol. The number of thiophene rings is 1. The molecule has 0 aliphatic heterocycles. The molecule has 9 heteroatoms. The number of hydrogen-bond donors (Lipinski definition) is 2. The molecule has 2 aromatic rings. The van der Waals surface area contributed by atoms with E-state index in [-0.39, 0.29) is 11.3 Å². The minimum absolute atomic E-state index is 0.0593. The molecular weight excluding hydrogens is 352 g/mol. The number of nitrogens with two attached hydrogens (primary N) is 1. The van der Waals surface area contributed by atoms with Crippen molar-refractivity contribution in [2.75, 3.05) is 5.32 Å². The van der Waals surface area contributed by atoms with Crippen molar-refractivity contribution in [2.45, 2.75) is 24.3 Å². The number of benzene rings is 1. The number of sulfonamides is 1. The van der Waals surface area contributed by atoms with E-state index in [0.717, 1.165) is 4.88 Å². The van der Waals surface area contributed by atoms with Crippen molar-refractivity contribution >= 4 is 38.9 Å². The number of esters is 1. The second kappa shape index (κ2) is 7.56. The maximum absolute atomic E-state index is 12.0. The van der Waals surface area contributed by atoms with Gasteiger partial charge in [-0.3, -0.25) is 9.59 Å². The van der Waals surface area contributed by atoms with E-state index in [1.54, 1.807) is 0 Å². The van der Waals surface area contributed by atoms with Crippen molar-refractivity contribution in [3.8, 4) is 0 Å². The van der Waals surface area contributed by atoms with Crippen LogP contribution in [0, 0.1) is 0 Å². The summed E-state index contributed by atoms with van der Waals surface area (Å²) in [5.41, 5.74) is 0.369. The molecule has 0 radical (unpaired) electrons. The highest BCUT2D eigenvalue weighted by atomic mass is 32.2. The van der Waals surface area contributed by atoms with E-state index < -0.39 is 28.0 Å². The normalized spacial score (nSPS) is 12.4. The first-order chi connectivity index (χ1) is 11.3. The number of rotatable bonds is 6. The molecule has 0 aliphatic carbocycles. The van der Waals surface area contributed by atoms with Crippen molar-refractivity contribution in [1.29, 1.82) is 0 Å². The first-order valence-electron chi connectivity index (χ1n) is 6.91. The lowest BCUT2D eigenvalue weighted by molar-refractivity contribution is -0.152. The molecule has 1 aromatic carbocycles. The SMILES string of the molecule is C[C@H](OC(=O)Cc1cccs1)C(=O)Nc1ccc(S(N)(=O)=O)cc1. The summed E-state index contributed by atoms with van der Waals surface area (Å²) >= 11 is 1.43. The van der Waals surface area contributed by atoms with Crippen LogP contribution in [0.3, 0.4) is 0 Å². The van der Waals surface area contributed by atoms with E-state index in [2.05, 4.69) is 5.32 Å². The summed E-state index contributed by atoms with van der Waals surface area (Å²) in [7, 11) is -3.79. The highest BCUT2D eigenvalue weighted by Gasteiger charge is 2.18. The van der Waals surface area contributed by atoms with Crippen LogP contribution in [0.15, 0.2) is 46.7 Å². The van der Waals surface area contributed by atoms with Crippen molar-refractivity contribution in [3.63, 3.8) is 0 Å². The van der Waals surface area contributed by atoms with Gasteiger partial charge in [0.05, 0.1) is 11.3 Å². The number of nitrogens with one attached hydrogen (secondary N) is 1. The van der Waals surface area contributed by atoms with Gasteiger partial charge in [-0.15, -0.1) is 11.3 Å². The van der Waals surface area contributed by atoms with Crippen LogP contribution in [0.4, 0.5) is 5.69 Å². The summed E-state index contributed by atoms with van der Waals surface area (Å²) in [6, 6.07) is 8.99. The fraction of sp³-hybridized carbons (Fsp3) is 0.200. The fourth-order valence-corrected chi connectivity index (χ4v) is 3.03. The Morgan fingerprint density at radius 2 is 1.92 bits per heavy atom. The van der Waals surface area contributed by atoms with Gasteiger partial charge in [0.15, 0.2) is 6.10 Å². The van der Waals surface area contributed by atoms with Gasteiger partial charge in [-0.05, 0) is 42.6 Å². The number of primary sulfonamides is 1. The van der Waals surface area contributed by atoms with Crippen LogP contribution in [0.5, 0.6) is 0 Å². The lowest BCUT2D eigenvalue weighted by Crippen LogP contribution is -2.30. The average Bonchev–Trinajstić information content (AvgIpc) is 2.99. The molecule has 0 saturated carbocycles. The van der Waals surface area contributed by atoms with E-state index in [1.807, 2.05) is 17.5 Å². The van der Waals surface area contributed by atoms with Crippen LogP contribution in [0.1, 0.15) is 11.8 Å². The molecule has 128 valence electrons. The van der Waals surface area contributed by atoms with Gasteiger partial charge in [0.1, 0.15) is 0 Å². The molecule has 0 spiro atoms. The molecule has 1 atom stereocenters. The van der Waals surface area contributed by atoms with Crippen molar-refractivity contribution < 1.29 is 22.7 Å². The summed E-state index contributed by atoms with van der Waals surface area (Å²) in [6.07, 6.45) is -0.867. The maximum atomic E-state index is 12.0. The molecule has 0 saturated heterocycles. The molecular formula is C15H16N2O5S2. The number of carbonyl (C=O) groups is 2. The molecule has 1 amide bonds. The predicted molar refractivity (Wildman–Crippen MR) is 90.0 cm³/mol. The largest absolute Gasteiger partial charge is 0.452 e. The molecule has 1 heterocycles. The molecule has 0 unspecified atom stereocenters. The van der Waals surface area contributed by atoms with Crippen molar-refractivity contribution in [1.82, 2.24) is 0 Å². The second-order valence-electron chi connectivity index (χ2n) is 4.95. The van der Waals surface area contributed by atoms with Gasteiger partial charge in [0.25, 0.3) is 5.91 Å². The molecule has 2 rings (SSSR count). The Morgan fingerprint density at radius 1 is 1.25 bits per heavy atom. The van der Waals surface area contributed by atoms with Gasteiger partial charge < -0.3 is 10.1 Å².